The zero-order chi connectivity index (χ0) is 9.80. The molecule has 1 aliphatic rings. The van der Waals surface area contributed by atoms with Crippen LogP contribution in [-0.4, -0.2) is 18.1 Å². The van der Waals surface area contributed by atoms with E-state index in [1.54, 1.807) is 11.3 Å². The van der Waals surface area contributed by atoms with Gasteiger partial charge in [-0.2, -0.15) is 0 Å². The first-order valence-electron chi connectivity index (χ1n) is 5.16. The van der Waals surface area contributed by atoms with Crippen molar-refractivity contribution in [3.63, 3.8) is 0 Å². The summed E-state index contributed by atoms with van der Waals surface area (Å²) in [5, 5.41) is 1.15. The summed E-state index contributed by atoms with van der Waals surface area (Å²) in [6, 6.07) is 0. The molecule has 0 amide bonds. The lowest BCUT2D eigenvalue weighted by molar-refractivity contribution is 0.111. The van der Waals surface area contributed by atoms with Crippen LogP contribution < -0.4 is 5.73 Å². The molecule has 3 nitrogen and oxygen atoms in total. The molecule has 1 aromatic heterocycles. The molecule has 1 unspecified atom stereocenters. The minimum absolute atomic E-state index is 0.270. The van der Waals surface area contributed by atoms with Gasteiger partial charge in [0.15, 0.2) is 0 Å². The molecule has 1 saturated heterocycles. The Hall–Kier alpha value is -0.450. The lowest BCUT2D eigenvalue weighted by Crippen LogP contribution is -1.99. The van der Waals surface area contributed by atoms with Gasteiger partial charge in [0.05, 0.1) is 0 Å². The number of nitrogens with zero attached hydrogens (tertiary/aromatic N) is 1. The third-order valence-electron chi connectivity index (χ3n) is 2.40. The highest BCUT2D eigenvalue weighted by Crippen LogP contribution is 2.31. The second-order valence-corrected chi connectivity index (χ2v) is 4.71. The van der Waals surface area contributed by atoms with Gasteiger partial charge in [-0.1, -0.05) is 0 Å². The molecule has 2 rings (SSSR count). The van der Waals surface area contributed by atoms with E-state index in [0.29, 0.717) is 0 Å². The Kier molecular flexibility index (Phi) is 3.50. The summed E-state index contributed by atoms with van der Waals surface area (Å²) in [6.45, 7) is 1.65. The summed E-state index contributed by atoms with van der Waals surface area (Å²) >= 11 is 1.78. The minimum atomic E-state index is 0.270. The molecule has 0 radical (unpaired) electrons. The molecule has 2 heterocycles. The Balaban J connectivity index is 1.94. The van der Waals surface area contributed by atoms with Crippen molar-refractivity contribution in [2.45, 2.75) is 31.8 Å². The average Bonchev–Trinajstić information content (AvgIpc) is 2.85. The van der Waals surface area contributed by atoms with E-state index in [4.69, 9.17) is 10.5 Å². The van der Waals surface area contributed by atoms with E-state index in [-0.39, 0.29) is 6.10 Å². The molecule has 0 saturated carbocycles. The highest BCUT2D eigenvalue weighted by Gasteiger charge is 2.20. The fourth-order valence-corrected chi connectivity index (χ4v) is 2.68. The van der Waals surface area contributed by atoms with Crippen LogP contribution in [0.5, 0.6) is 0 Å². The smallest absolute Gasteiger partial charge is 0.122 e. The molecule has 78 valence electrons. The van der Waals surface area contributed by atoms with Crippen LogP contribution in [0.1, 0.15) is 35.3 Å². The van der Waals surface area contributed by atoms with Crippen LogP contribution in [-0.2, 0) is 11.2 Å². The van der Waals surface area contributed by atoms with Crippen LogP contribution in [0, 0.1) is 0 Å². The van der Waals surface area contributed by atoms with Gasteiger partial charge >= 0.3 is 0 Å². The summed E-state index contributed by atoms with van der Waals surface area (Å²) in [4.78, 5) is 5.74. The van der Waals surface area contributed by atoms with Crippen LogP contribution in [0.4, 0.5) is 0 Å². The van der Waals surface area contributed by atoms with E-state index in [1.165, 1.54) is 11.3 Å². The van der Waals surface area contributed by atoms with Crippen molar-refractivity contribution in [1.82, 2.24) is 4.98 Å². The van der Waals surface area contributed by atoms with Crippen molar-refractivity contribution in [3.05, 3.63) is 16.1 Å². The Bertz CT molecular complexity index is 281. The maximum absolute atomic E-state index is 5.58. The van der Waals surface area contributed by atoms with E-state index in [2.05, 4.69) is 4.98 Å². The van der Waals surface area contributed by atoms with Gasteiger partial charge in [0, 0.05) is 17.7 Å². The average molecular weight is 212 g/mol. The van der Waals surface area contributed by atoms with Crippen LogP contribution in [0.25, 0.3) is 0 Å². The van der Waals surface area contributed by atoms with Crippen LogP contribution in [0.15, 0.2) is 6.20 Å². The maximum Gasteiger partial charge on any atom is 0.122 e. The molecular weight excluding hydrogens is 196 g/mol. The molecule has 4 heteroatoms. The van der Waals surface area contributed by atoms with Crippen molar-refractivity contribution < 1.29 is 4.74 Å². The molecule has 0 aliphatic carbocycles. The van der Waals surface area contributed by atoms with Crippen molar-refractivity contribution in [2.75, 3.05) is 13.2 Å². The van der Waals surface area contributed by atoms with Crippen molar-refractivity contribution in [1.29, 1.82) is 0 Å². The van der Waals surface area contributed by atoms with E-state index < -0.39 is 0 Å². The number of ether oxygens (including phenoxy) is 1. The first-order chi connectivity index (χ1) is 6.90. The molecule has 14 heavy (non-hydrogen) atoms. The zero-order valence-electron chi connectivity index (χ0n) is 8.24. The molecule has 0 bridgehead atoms. The SMILES string of the molecule is NCCCc1cnc(C2CCCO2)s1. The molecule has 0 aromatic carbocycles. The number of rotatable bonds is 4. The lowest BCUT2D eigenvalue weighted by Gasteiger charge is -2.03. The summed E-state index contributed by atoms with van der Waals surface area (Å²) in [7, 11) is 0. The van der Waals surface area contributed by atoms with Crippen molar-refractivity contribution in [3.8, 4) is 0 Å². The molecule has 1 fully saturated rings. The standard InChI is InChI=1S/C10H16N2OS/c11-5-1-3-8-7-12-10(14-8)9-4-2-6-13-9/h7,9H,1-6,11H2. The number of hydrogen-bond donors (Lipinski definition) is 1. The van der Waals surface area contributed by atoms with Gasteiger partial charge in [-0.25, -0.2) is 4.98 Å². The van der Waals surface area contributed by atoms with Gasteiger partial charge in [0.25, 0.3) is 0 Å². The molecule has 1 aromatic rings. The number of nitrogens with two attached hydrogens (primary N) is 1. The summed E-state index contributed by atoms with van der Waals surface area (Å²) in [5.41, 5.74) is 5.46. The molecule has 2 N–H and O–H groups in total. The monoisotopic (exact) mass is 212 g/mol. The van der Waals surface area contributed by atoms with Crippen LogP contribution in [0.2, 0.25) is 0 Å². The van der Waals surface area contributed by atoms with E-state index in [1.807, 2.05) is 6.20 Å². The van der Waals surface area contributed by atoms with Crippen LogP contribution >= 0.6 is 11.3 Å². The fourth-order valence-electron chi connectivity index (χ4n) is 1.64. The van der Waals surface area contributed by atoms with Gasteiger partial charge in [-0.05, 0) is 32.2 Å². The van der Waals surface area contributed by atoms with Gasteiger partial charge < -0.3 is 10.5 Å². The summed E-state index contributed by atoms with van der Waals surface area (Å²) in [6.07, 6.45) is 6.64. The second-order valence-electron chi connectivity index (χ2n) is 3.56. The highest BCUT2D eigenvalue weighted by molar-refractivity contribution is 7.11. The van der Waals surface area contributed by atoms with Crippen LogP contribution in [0.3, 0.4) is 0 Å². The molecule has 1 aliphatic heterocycles. The summed E-state index contributed by atoms with van der Waals surface area (Å²) < 4.78 is 5.58. The number of thiazole rings is 1. The Morgan fingerprint density at radius 1 is 1.64 bits per heavy atom. The predicted molar refractivity (Wildman–Crippen MR) is 57.4 cm³/mol. The first-order valence-corrected chi connectivity index (χ1v) is 5.98. The third-order valence-corrected chi connectivity index (χ3v) is 3.55. The van der Waals surface area contributed by atoms with Gasteiger partial charge in [0.2, 0.25) is 0 Å². The van der Waals surface area contributed by atoms with E-state index in [0.717, 1.165) is 37.4 Å². The molecule has 1 atom stereocenters. The van der Waals surface area contributed by atoms with Crippen molar-refractivity contribution >= 4 is 11.3 Å². The van der Waals surface area contributed by atoms with Gasteiger partial charge in [0.1, 0.15) is 11.1 Å². The fraction of sp³-hybridized carbons (Fsp3) is 0.700. The first kappa shape index (κ1) is 10.1. The third kappa shape index (κ3) is 2.32. The Labute approximate surface area is 88.3 Å². The lowest BCUT2D eigenvalue weighted by atomic mass is 10.2. The number of hydrogen-bond acceptors (Lipinski definition) is 4. The molecular formula is C10H16N2OS. The Morgan fingerprint density at radius 2 is 2.57 bits per heavy atom. The Morgan fingerprint density at radius 3 is 3.29 bits per heavy atom. The normalized spacial score (nSPS) is 21.6. The quantitative estimate of drug-likeness (QED) is 0.829. The number of aryl methyl sites for hydroxylation is 1. The van der Waals surface area contributed by atoms with Crippen molar-refractivity contribution in [2.24, 2.45) is 5.73 Å². The summed E-state index contributed by atoms with van der Waals surface area (Å²) in [5.74, 6) is 0. The topological polar surface area (TPSA) is 48.1 Å². The predicted octanol–water partition coefficient (Wildman–Crippen LogP) is 1.89. The zero-order valence-corrected chi connectivity index (χ0v) is 9.05. The second kappa shape index (κ2) is 4.87. The maximum atomic E-state index is 5.58. The van der Waals surface area contributed by atoms with E-state index in [9.17, 15) is 0 Å². The number of aromatic nitrogens is 1. The largest absolute Gasteiger partial charge is 0.371 e. The molecule has 0 spiro atoms. The van der Waals surface area contributed by atoms with Gasteiger partial charge in [-0.3, -0.25) is 0 Å². The highest BCUT2D eigenvalue weighted by atomic mass is 32.1. The van der Waals surface area contributed by atoms with Gasteiger partial charge in [-0.15, -0.1) is 11.3 Å². The van der Waals surface area contributed by atoms with E-state index >= 15 is 0 Å². The minimum Gasteiger partial charge on any atom is -0.371 e.